The Labute approximate surface area is 131 Å². The SMILES string of the molecule is CCC1(CC)CN(CCSC(F)(F)F)C(C(C)(C)C)CN1. The minimum atomic E-state index is -4.13. The number of rotatable bonds is 5. The molecule has 0 radical (unpaired) electrons. The predicted octanol–water partition coefficient (Wildman–Crippen LogP) is 4.12. The summed E-state index contributed by atoms with van der Waals surface area (Å²) in [4.78, 5) is 2.27. The molecule has 0 aromatic carbocycles. The van der Waals surface area contributed by atoms with E-state index in [2.05, 4.69) is 44.8 Å². The van der Waals surface area contributed by atoms with Crippen LogP contribution in [0.4, 0.5) is 13.2 Å². The second-order valence-corrected chi connectivity index (χ2v) is 8.17. The molecule has 1 N–H and O–H groups in total. The molecule has 1 unspecified atom stereocenters. The van der Waals surface area contributed by atoms with Crippen LogP contribution < -0.4 is 5.32 Å². The molecule has 0 spiro atoms. The molecule has 1 saturated heterocycles. The highest BCUT2D eigenvalue weighted by molar-refractivity contribution is 8.00. The summed E-state index contributed by atoms with van der Waals surface area (Å²) >= 11 is 0.0932. The van der Waals surface area contributed by atoms with Crippen molar-refractivity contribution in [2.75, 3.05) is 25.4 Å². The summed E-state index contributed by atoms with van der Waals surface area (Å²) in [5.74, 6) is 0.111. The van der Waals surface area contributed by atoms with Crippen molar-refractivity contribution in [3.05, 3.63) is 0 Å². The largest absolute Gasteiger partial charge is 0.441 e. The van der Waals surface area contributed by atoms with Crippen molar-refractivity contribution in [1.29, 1.82) is 0 Å². The van der Waals surface area contributed by atoms with Gasteiger partial charge in [-0.2, -0.15) is 13.2 Å². The van der Waals surface area contributed by atoms with Crippen LogP contribution in [0.25, 0.3) is 0 Å². The zero-order valence-electron chi connectivity index (χ0n) is 13.8. The van der Waals surface area contributed by atoms with Crippen molar-refractivity contribution >= 4 is 11.8 Å². The van der Waals surface area contributed by atoms with Gasteiger partial charge in [0.1, 0.15) is 0 Å². The van der Waals surface area contributed by atoms with Crippen LogP contribution in [0.1, 0.15) is 47.5 Å². The molecule has 2 nitrogen and oxygen atoms in total. The first kappa shape index (κ1) is 19.1. The highest BCUT2D eigenvalue weighted by Gasteiger charge is 2.41. The van der Waals surface area contributed by atoms with Crippen LogP contribution in [0.15, 0.2) is 0 Å². The van der Waals surface area contributed by atoms with Crippen molar-refractivity contribution in [3.63, 3.8) is 0 Å². The van der Waals surface area contributed by atoms with Crippen LogP contribution in [-0.4, -0.2) is 47.4 Å². The van der Waals surface area contributed by atoms with Gasteiger partial charge in [-0.05, 0) is 30.0 Å². The van der Waals surface area contributed by atoms with Crippen molar-refractivity contribution in [3.8, 4) is 0 Å². The van der Waals surface area contributed by atoms with Gasteiger partial charge < -0.3 is 5.32 Å². The van der Waals surface area contributed by atoms with Gasteiger partial charge >= 0.3 is 5.51 Å². The van der Waals surface area contributed by atoms with E-state index < -0.39 is 5.51 Å². The smallest absolute Gasteiger partial charge is 0.308 e. The summed E-state index contributed by atoms with van der Waals surface area (Å²) in [6.45, 7) is 13.0. The number of piperazine rings is 1. The number of hydrogen-bond acceptors (Lipinski definition) is 3. The normalized spacial score (nSPS) is 24.3. The van der Waals surface area contributed by atoms with Gasteiger partial charge in [0, 0.05) is 37.0 Å². The molecule has 0 aromatic heterocycles. The van der Waals surface area contributed by atoms with E-state index in [1.165, 1.54) is 0 Å². The van der Waals surface area contributed by atoms with Gasteiger partial charge in [0.05, 0.1) is 0 Å². The number of thioether (sulfide) groups is 1. The molecule has 126 valence electrons. The minimum absolute atomic E-state index is 0.0463. The fourth-order valence-electron chi connectivity index (χ4n) is 3.09. The summed E-state index contributed by atoms with van der Waals surface area (Å²) in [5, 5.41) is 3.65. The number of alkyl halides is 3. The molecule has 0 amide bonds. The molecule has 0 bridgehead atoms. The average molecular weight is 326 g/mol. The maximum Gasteiger partial charge on any atom is 0.441 e. The van der Waals surface area contributed by atoms with Gasteiger partial charge in [-0.25, -0.2) is 0 Å². The topological polar surface area (TPSA) is 15.3 Å². The lowest BCUT2D eigenvalue weighted by molar-refractivity contribution is -0.0332. The van der Waals surface area contributed by atoms with Gasteiger partial charge in [0.2, 0.25) is 0 Å². The monoisotopic (exact) mass is 326 g/mol. The zero-order chi connectivity index (χ0) is 16.3. The van der Waals surface area contributed by atoms with Gasteiger partial charge in [-0.3, -0.25) is 4.90 Å². The Hall–Kier alpha value is 0.0600. The van der Waals surface area contributed by atoms with Crippen LogP contribution in [-0.2, 0) is 0 Å². The van der Waals surface area contributed by atoms with Gasteiger partial charge in [0.25, 0.3) is 0 Å². The zero-order valence-corrected chi connectivity index (χ0v) is 14.6. The molecule has 1 fully saturated rings. The lowest BCUT2D eigenvalue weighted by Crippen LogP contribution is -2.66. The van der Waals surface area contributed by atoms with Crippen molar-refractivity contribution in [2.24, 2.45) is 5.41 Å². The summed E-state index contributed by atoms with van der Waals surface area (Å²) in [6, 6.07) is 0.276. The van der Waals surface area contributed by atoms with E-state index in [1.807, 2.05) is 0 Å². The summed E-state index contributed by atoms with van der Waals surface area (Å²) in [7, 11) is 0. The third-order valence-electron chi connectivity index (χ3n) is 4.61. The summed E-state index contributed by atoms with van der Waals surface area (Å²) in [5.41, 5.74) is -4.02. The highest BCUT2D eigenvalue weighted by atomic mass is 32.2. The number of hydrogen-bond donors (Lipinski definition) is 1. The maximum absolute atomic E-state index is 12.4. The highest BCUT2D eigenvalue weighted by Crippen LogP contribution is 2.33. The Morgan fingerprint density at radius 2 is 1.76 bits per heavy atom. The first-order valence-corrected chi connectivity index (χ1v) is 8.71. The van der Waals surface area contributed by atoms with Crippen molar-refractivity contribution < 1.29 is 13.2 Å². The standard InChI is InChI=1S/C15H29F3N2S/c1-6-14(7-2)11-20(8-9-21-15(16,17)18)12(10-19-14)13(3,4)5/h12,19H,6-11H2,1-5H3. The van der Waals surface area contributed by atoms with E-state index in [0.717, 1.165) is 25.9 Å². The lowest BCUT2D eigenvalue weighted by atomic mass is 9.80. The van der Waals surface area contributed by atoms with Gasteiger partial charge in [-0.1, -0.05) is 34.6 Å². The van der Waals surface area contributed by atoms with E-state index in [9.17, 15) is 13.2 Å². The van der Waals surface area contributed by atoms with Gasteiger partial charge in [-0.15, -0.1) is 0 Å². The van der Waals surface area contributed by atoms with Crippen LogP contribution in [0.5, 0.6) is 0 Å². The van der Waals surface area contributed by atoms with E-state index in [-0.39, 0.29) is 34.5 Å². The summed E-state index contributed by atoms with van der Waals surface area (Å²) in [6.07, 6.45) is 2.01. The predicted molar refractivity (Wildman–Crippen MR) is 84.6 cm³/mol. The summed E-state index contributed by atoms with van der Waals surface area (Å²) < 4.78 is 37.1. The molecule has 0 aromatic rings. The molecule has 1 rings (SSSR count). The average Bonchev–Trinajstić information content (AvgIpc) is 2.35. The second-order valence-electron chi connectivity index (χ2n) is 7.01. The Kier molecular flexibility index (Phi) is 6.45. The molecule has 0 saturated carbocycles. The molecule has 1 atom stereocenters. The maximum atomic E-state index is 12.4. The van der Waals surface area contributed by atoms with E-state index in [1.54, 1.807) is 0 Å². The first-order chi connectivity index (χ1) is 9.53. The van der Waals surface area contributed by atoms with E-state index in [0.29, 0.717) is 6.54 Å². The molecule has 6 heteroatoms. The molecule has 1 heterocycles. The third kappa shape index (κ3) is 5.64. The Morgan fingerprint density at radius 3 is 2.19 bits per heavy atom. The van der Waals surface area contributed by atoms with E-state index >= 15 is 0 Å². The fraction of sp³-hybridized carbons (Fsp3) is 1.00. The quantitative estimate of drug-likeness (QED) is 0.818. The van der Waals surface area contributed by atoms with Crippen LogP contribution in [0, 0.1) is 5.41 Å². The Balaban J connectivity index is 2.74. The van der Waals surface area contributed by atoms with Crippen molar-refractivity contribution in [1.82, 2.24) is 10.2 Å². The number of halogens is 3. The fourth-order valence-corrected chi connectivity index (χ4v) is 3.65. The van der Waals surface area contributed by atoms with Crippen molar-refractivity contribution in [2.45, 2.75) is 64.5 Å². The molecule has 1 aliphatic rings. The van der Waals surface area contributed by atoms with Crippen LogP contribution in [0.3, 0.4) is 0 Å². The molecule has 1 aliphatic heterocycles. The Bertz CT molecular complexity index is 322. The number of nitrogens with zero attached hydrogens (tertiary/aromatic N) is 1. The van der Waals surface area contributed by atoms with E-state index in [4.69, 9.17) is 0 Å². The van der Waals surface area contributed by atoms with Gasteiger partial charge in [0.15, 0.2) is 0 Å². The number of nitrogens with one attached hydrogen (secondary N) is 1. The minimum Gasteiger partial charge on any atom is -0.308 e. The third-order valence-corrected chi connectivity index (χ3v) is 5.33. The Morgan fingerprint density at radius 1 is 1.19 bits per heavy atom. The first-order valence-electron chi connectivity index (χ1n) is 7.73. The molecular weight excluding hydrogens is 297 g/mol. The van der Waals surface area contributed by atoms with Crippen LogP contribution in [0.2, 0.25) is 0 Å². The van der Waals surface area contributed by atoms with Crippen LogP contribution >= 0.6 is 11.8 Å². The lowest BCUT2D eigenvalue weighted by Gasteiger charge is -2.51. The molecule has 0 aliphatic carbocycles. The molecule has 21 heavy (non-hydrogen) atoms. The molecular formula is C15H29F3N2S. The second kappa shape index (κ2) is 7.09.